The lowest BCUT2D eigenvalue weighted by Crippen LogP contribution is -2.47. The second-order valence-corrected chi connectivity index (χ2v) is 5.45. The van der Waals surface area contributed by atoms with Crippen molar-refractivity contribution < 1.29 is 22.7 Å². The van der Waals surface area contributed by atoms with Gasteiger partial charge in [0.15, 0.2) is 0 Å². The first-order chi connectivity index (χ1) is 8.75. The van der Waals surface area contributed by atoms with Gasteiger partial charge in [-0.15, -0.1) is 0 Å². The molecule has 0 aromatic carbocycles. The predicted molar refractivity (Wildman–Crippen MR) is 65.3 cm³/mol. The molecule has 1 aliphatic rings. The Hall–Kier alpha value is -0.780. The number of halogens is 3. The van der Waals surface area contributed by atoms with E-state index in [1.165, 1.54) is 7.11 Å². The van der Waals surface area contributed by atoms with E-state index in [4.69, 9.17) is 5.73 Å². The molecule has 1 atom stereocenters. The van der Waals surface area contributed by atoms with Crippen LogP contribution in [0.4, 0.5) is 13.2 Å². The Morgan fingerprint density at radius 1 is 1.42 bits per heavy atom. The van der Waals surface area contributed by atoms with E-state index in [-0.39, 0.29) is 25.3 Å². The molecule has 0 radical (unpaired) electrons. The minimum Gasteiger partial charge on any atom is -0.469 e. The summed E-state index contributed by atoms with van der Waals surface area (Å²) in [4.78, 5) is 11.5. The van der Waals surface area contributed by atoms with Crippen LogP contribution in [0.3, 0.4) is 0 Å². The zero-order chi connectivity index (χ0) is 14.7. The summed E-state index contributed by atoms with van der Waals surface area (Å²) in [6.07, 6.45) is -2.62. The smallest absolute Gasteiger partial charge is 0.391 e. The zero-order valence-corrected chi connectivity index (χ0v) is 11.4. The third-order valence-electron chi connectivity index (χ3n) is 4.39. The fraction of sp³-hybridized carbons (Fsp3) is 0.923. The number of ether oxygens (including phenoxy) is 1. The lowest BCUT2D eigenvalue weighted by Gasteiger charge is -2.43. The number of nitrogens with two attached hydrogens (primary N) is 1. The maximum atomic E-state index is 12.7. The summed E-state index contributed by atoms with van der Waals surface area (Å²) in [7, 11) is 1.29. The van der Waals surface area contributed by atoms with Crippen molar-refractivity contribution in [2.75, 3.05) is 7.11 Å². The van der Waals surface area contributed by atoms with Crippen LogP contribution in [0, 0.1) is 11.3 Å². The van der Waals surface area contributed by atoms with Gasteiger partial charge in [0.2, 0.25) is 0 Å². The molecular formula is C13H22F3NO2. The van der Waals surface area contributed by atoms with Crippen LogP contribution in [0.5, 0.6) is 0 Å². The van der Waals surface area contributed by atoms with E-state index in [1.54, 1.807) is 0 Å². The monoisotopic (exact) mass is 281 g/mol. The molecule has 1 rings (SSSR count). The molecule has 0 bridgehead atoms. The van der Waals surface area contributed by atoms with Crippen molar-refractivity contribution in [3.8, 4) is 0 Å². The third-order valence-corrected chi connectivity index (χ3v) is 4.39. The topological polar surface area (TPSA) is 52.3 Å². The zero-order valence-electron chi connectivity index (χ0n) is 11.4. The van der Waals surface area contributed by atoms with Gasteiger partial charge in [-0.3, -0.25) is 4.79 Å². The number of methoxy groups -OCH3 is 1. The molecule has 19 heavy (non-hydrogen) atoms. The van der Waals surface area contributed by atoms with Gasteiger partial charge in [0.05, 0.1) is 19.4 Å². The van der Waals surface area contributed by atoms with Crippen LogP contribution in [-0.2, 0) is 9.53 Å². The number of carbonyl (C=O) groups excluding carboxylic acids is 1. The van der Waals surface area contributed by atoms with E-state index in [0.29, 0.717) is 19.3 Å². The lowest BCUT2D eigenvalue weighted by molar-refractivity contribution is -0.189. The van der Waals surface area contributed by atoms with Gasteiger partial charge in [0.1, 0.15) is 0 Å². The van der Waals surface area contributed by atoms with Gasteiger partial charge in [0.25, 0.3) is 0 Å². The normalized spacial score (nSPS) is 29.9. The predicted octanol–water partition coefficient (Wildman–Crippen LogP) is 3.03. The Labute approximate surface area is 111 Å². The molecule has 112 valence electrons. The molecule has 3 nitrogen and oxygen atoms in total. The summed E-state index contributed by atoms with van der Waals surface area (Å²) in [5.74, 6) is -1.66. The highest BCUT2D eigenvalue weighted by atomic mass is 19.4. The van der Waals surface area contributed by atoms with Crippen LogP contribution in [0.1, 0.15) is 45.4 Å². The summed E-state index contributed by atoms with van der Waals surface area (Å²) in [5.41, 5.74) is 5.51. The average Bonchev–Trinajstić information content (AvgIpc) is 2.37. The standard InChI is InChI=1S/C13H22F3NO2/c1-3-10(17)12(8-11(18)19-2)6-4-9(5-7-12)13(14,15)16/h9-10H,3-8,17H2,1-2H3. The molecule has 2 N–H and O–H groups in total. The number of esters is 1. The Bertz CT molecular complexity index is 310. The Balaban J connectivity index is 2.77. The molecular weight excluding hydrogens is 259 g/mol. The number of carbonyl (C=O) groups is 1. The maximum Gasteiger partial charge on any atom is 0.391 e. The highest BCUT2D eigenvalue weighted by molar-refractivity contribution is 5.70. The summed E-state index contributed by atoms with van der Waals surface area (Å²) in [6, 6.07) is -0.263. The SMILES string of the molecule is CCC(N)C1(CC(=O)OC)CCC(C(F)(F)F)CC1. The van der Waals surface area contributed by atoms with Crippen LogP contribution in [0.2, 0.25) is 0 Å². The van der Waals surface area contributed by atoms with Crippen molar-refractivity contribution in [1.82, 2.24) is 0 Å². The third kappa shape index (κ3) is 3.84. The van der Waals surface area contributed by atoms with Gasteiger partial charge in [0, 0.05) is 6.04 Å². The summed E-state index contributed by atoms with van der Waals surface area (Å²) < 4.78 is 42.7. The van der Waals surface area contributed by atoms with Crippen molar-refractivity contribution in [1.29, 1.82) is 0 Å². The van der Waals surface area contributed by atoms with E-state index in [0.717, 1.165) is 0 Å². The van der Waals surface area contributed by atoms with Crippen LogP contribution in [0.25, 0.3) is 0 Å². The summed E-state index contributed by atoms with van der Waals surface area (Å²) in [5, 5.41) is 0. The van der Waals surface area contributed by atoms with Gasteiger partial charge < -0.3 is 10.5 Å². The van der Waals surface area contributed by atoms with Crippen LogP contribution < -0.4 is 5.73 Å². The van der Waals surface area contributed by atoms with Gasteiger partial charge in [-0.05, 0) is 37.5 Å². The first-order valence-electron chi connectivity index (χ1n) is 6.64. The highest BCUT2D eigenvalue weighted by Gasteiger charge is 2.48. The number of rotatable bonds is 4. The van der Waals surface area contributed by atoms with Gasteiger partial charge in [-0.2, -0.15) is 13.2 Å². The quantitative estimate of drug-likeness (QED) is 0.806. The largest absolute Gasteiger partial charge is 0.469 e. The van der Waals surface area contributed by atoms with E-state index >= 15 is 0 Å². The lowest BCUT2D eigenvalue weighted by atomic mass is 9.64. The van der Waals surface area contributed by atoms with Crippen molar-refractivity contribution in [2.45, 2.75) is 57.7 Å². The van der Waals surface area contributed by atoms with Crippen LogP contribution in [0.15, 0.2) is 0 Å². The first kappa shape index (κ1) is 16.3. The molecule has 0 heterocycles. The van der Waals surface area contributed by atoms with Gasteiger partial charge in [-0.25, -0.2) is 0 Å². The molecule has 1 saturated carbocycles. The number of hydrogen-bond donors (Lipinski definition) is 1. The molecule has 1 fully saturated rings. The molecule has 6 heteroatoms. The fourth-order valence-corrected chi connectivity index (χ4v) is 2.99. The molecule has 0 amide bonds. The van der Waals surface area contributed by atoms with Crippen molar-refractivity contribution >= 4 is 5.97 Å². The molecule has 1 aliphatic carbocycles. The molecule has 0 aliphatic heterocycles. The van der Waals surface area contributed by atoms with Crippen molar-refractivity contribution in [3.63, 3.8) is 0 Å². The van der Waals surface area contributed by atoms with Crippen molar-refractivity contribution in [2.24, 2.45) is 17.1 Å². The Kier molecular flexibility index (Phi) is 5.24. The summed E-state index contributed by atoms with van der Waals surface area (Å²) in [6.45, 7) is 1.89. The van der Waals surface area contributed by atoms with Gasteiger partial charge in [-0.1, -0.05) is 6.92 Å². The second-order valence-electron chi connectivity index (χ2n) is 5.45. The Morgan fingerprint density at radius 2 is 1.95 bits per heavy atom. The molecule has 0 aromatic heterocycles. The molecule has 1 unspecified atom stereocenters. The van der Waals surface area contributed by atoms with E-state index < -0.39 is 23.5 Å². The molecule has 0 aromatic rings. The minimum absolute atomic E-state index is 0.0498. The van der Waals surface area contributed by atoms with Crippen LogP contribution >= 0.6 is 0 Å². The fourth-order valence-electron chi connectivity index (χ4n) is 2.99. The molecule has 0 spiro atoms. The summed E-state index contributed by atoms with van der Waals surface area (Å²) >= 11 is 0. The van der Waals surface area contributed by atoms with Gasteiger partial charge >= 0.3 is 12.1 Å². The maximum absolute atomic E-state index is 12.7. The van der Waals surface area contributed by atoms with E-state index in [2.05, 4.69) is 4.74 Å². The highest BCUT2D eigenvalue weighted by Crippen LogP contribution is 2.48. The van der Waals surface area contributed by atoms with Crippen LogP contribution in [-0.4, -0.2) is 25.3 Å². The first-order valence-corrected chi connectivity index (χ1v) is 6.64. The number of alkyl halides is 3. The second kappa shape index (κ2) is 6.11. The minimum atomic E-state index is -4.15. The molecule has 0 saturated heterocycles. The van der Waals surface area contributed by atoms with Crippen molar-refractivity contribution in [3.05, 3.63) is 0 Å². The Morgan fingerprint density at radius 3 is 2.32 bits per heavy atom. The average molecular weight is 281 g/mol. The van der Waals surface area contributed by atoms with E-state index in [9.17, 15) is 18.0 Å². The number of hydrogen-bond acceptors (Lipinski definition) is 3. The van der Waals surface area contributed by atoms with E-state index in [1.807, 2.05) is 6.92 Å².